The van der Waals surface area contributed by atoms with Gasteiger partial charge in [0.1, 0.15) is 42.7 Å². The molecule has 0 spiro atoms. The molecule has 0 saturated heterocycles. The largest absolute Gasteiger partial charge is 0.394 e. The lowest BCUT2D eigenvalue weighted by atomic mass is 10.0. The minimum atomic E-state index is -5.33. The maximum atomic E-state index is 10.6. The van der Waals surface area contributed by atoms with E-state index < -0.39 is 71.0 Å². The van der Waals surface area contributed by atoms with Gasteiger partial charge in [-0.1, -0.05) is 0 Å². The maximum absolute atomic E-state index is 10.6. The average molecular weight is 440 g/mol. The summed E-state index contributed by atoms with van der Waals surface area (Å²) in [7, 11) is -5.33. The highest BCUT2D eigenvalue weighted by atomic mass is 32.2. The first-order valence-corrected chi connectivity index (χ1v) is 8.68. The summed E-state index contributed by atoms with van der Waals surface area (Å²) >= 11 is 0. The molecule has 8 unspecified atom stereocenters. The van der Waals surface area contributed by atoms with E-state index in [9.17, 15) is 23.1 Å². The summed E-state index contributed by atoms with van der Waals surface area (Å²) in [5, 5.41) is 88.3. The van der Waals surface area contributed by atoms with Crippen LogP contribution >= 0.6 is 0 Å². The smallest absolute Gasteiger partial charge is 0.300 e. The van der Waals surface area contributed by atoms with Crippen molar-refractivity contribution < 1.29 is 73.6 Å². The Morgan fingerprint density at radius 2 is 1.18 bits per heavy atom. The van der Waals surface area contributed by atoms with E-state index >= 15 is 0 Å². The van der Waals surface area contributed by atoms with E-state index in [1.807, 2.05) is 0 Å². The van der Waals surface area contributed by atoms with Crippen molar-refractivity contribution >= 4 is 22.7 Å². The van der Waals surface area contributed by atoms with Gasteiger partial charge in [0.05, 0.1) is 13.2 Å². The van der Waals surface area contributed by atoms with Crippen LogP contribution in [0, 0.1) is 0 Å². The molecule has 0 aromatic rings. The molecule has 15 nitrogen and oxygen atoms in total. The Kier molecular flexibility index (Phi) is 12.9. The van der Waals surface area contributed by atoms with Crippen LogP contribution < -0.4 is 0 Å². The fraction of sp³-hybridized carbons (Fsp3) is 0.833. The predicted octanol–water partition coefficient (Wildman–Crippen LogP) is -7.54. The number of carbonyl (C=O) groups excluding carboxylic acids is 2. The van der Waals surface area contributed by atoms with E-state index in [0.29, 0.717) is 0 Å². The van der Waals surface area contributed by atoms with Crippen molar-refractivity contribution in [2.45, 2.75) is 47.7 Å². The highest BCUT2D eigenvalue weighted by molar-refractivity contribution is 7.87. The molecule has 0 aromatic heterocycles. The summed E-state index contributed by atoms with van der Waals surface area (Å²) in [5.41, 5.74) is 0. The number of aldehydes is 2. The van der Waals surface area contributed by atoms with Gasteiger partial charge >= 0.3 is 0 Å². The average Bonchev–Trinajstić information content (AvgIpc) is 2.68. The third-order valence-electron chi connectivity index (χ3n) is 3.37. The highest BCUT2D eigenvalue weighted by Gasteiger charge is 2.51. The van der Waals surface area contributed by atoms with Gasteiger partial charge in [0, 0.05) is 0 Å². The zero-order valence-electron chi connectivity index (χ0n) is 14.1. The third kappa shape index (κ3) is 7.70. The van der Waals surface area contributed by atoms with E-state index in [4.69, 9.17) is 50.5 Å². The SMILES string of the molecule is O=CC(O)C(O)C(O)C(O)(CO)S(=O)(=O)O.O=CC(O)C(O)C(O)C(O)CO. The molecule has 0 amide bonds. The van der Waals surface area contributed by atoms with Gasteiger partial charge in [-0.05, 0) is 0 Å². The summed E-state index contributed by atoms with van der Waals surface area (Å²) in [5.74, 6) is 0. The number of aliphatic hydroxyl groups excluding tert-OH is 9. The molecule has 0 aliphatic heterocycles. The molecule has 8 atom stereocenters. The third-order valence-corrected chi connectivity index (χ3v) is 4.63. The van der Waals surface area contributed by atoms with E-state index in [1.54, 1.807) is 0 Å². The minimum Gasteiger partial charge on any atom is -0.394 e. The van der Waals surface area contributed by atoms with Gasteiger partial charge in [-0.2, -0.15) is 8.42 Å². The van der Waals surface area contributed by atoms with E-state index in [2.05, 4.69) is 0 Å². The Labute approximate surface area is 158 Å². The van der Waals surface area contributed by atoms with E-state index in [0.717, 1.165) is 0 Å². The molecule has 16 heteroatoms. The minimum absolute atomic E-state index is 0.0258. The zero-order valence-corrected chi connectivity index (χ0v) is 14.9. The lowest BCUT2D eigenvalue weighted by Crippen LogP contribution is -2.59. The number of rotatable bonds is 11. The van der Waals surface area contributed by atoms with Crippen molar-refractivity contribution in [1.82, 2.24) is 0 Å². The Morgan fingerprint density at radius 3 is 1.46 bits per heavy atom. The van der Waals surface area contributed by atoms with Crippen LogP contribution in [0.15, 0.2) is 0 Å². The summed E-state index contributed by atoms with van der Waals surface area (Å²) in [6, 6.07) is 0. The second-order valence-electron chi connectivity index (χ2n) is 5.40. The summed E-state index contributed by atoms with van der Waals surface area (Å²) in [4.78, 5) is 16.4. The van der Waals surface area contributed by atoms with Crippen molar-refractivity contribution in [3.05, 3.63) is 0 Å². The van der Waals surface area contributed by atoms with Crippen molar-refractivity contribution in [3.8, 4) is 0 Å². The van der Waals surface area contributed by atoms with Gasteiger partial charge in [0.2, 0.25) is 4.93 Å². The Hall–Kier alpha value is -1.15. The molecule has 0 fully saturated rings. The lowest BCUT2D eigenvalue weighted by Gasteiger charge is -2.31. The second kappa shape index (κ2) is 12.4. The number of hydrogen-bond acceptors (Lipinski definition) is 14. The van der Waals surface area contributed by atoms with E-state index in [1.165, 1.54) is 0 Å². The van der Waals surface area contributed by atoms with Gasteiger partial charge in [-0.15, -0.1) is 0 Å². The van der Waals surface area contributed by atoms with Crippen LogP contribution in [-0.4, -0.2) is 137 Å². The van der Waals surface area contributed by atoms with Gasteiger partial charge in [-0.3, -0.25) is 4.55 Å². The number of aliphatic hydroxyl groups is 10. The molecule has 168 valence electrons. The predicted molar refractivity (Wildman–Crippen MR) is 84.8 cm³/mol. The van der Waals surface area contributed by atoms with Gasteiger partial charge in [0.15, 0.2) is 12.6 Å². The molecular formula is C12H24O15S. The molecule has 0 saturated carbocycles. The maximum Gasteiger partial charge on any atom is 0.300 e. The molecule has 0 aromatic carbocycles. The molecule has 0 aliphatic carbocycles. The molecule has 0 heterocycles. The molecule has 0 bridgehead atoms. The van der Waals surface area contributed by atoms with Crippen molar-refractivity contribution in [2.24, 2.45) is 0 Å². The van der Waals surface area contributed by atoms with Crippen LogP contribution in [0.4, 0.5) is 0 Å². The molecule has 0 rings (SSSR count). The number of carbonyl (C=O) groups is 2. The normalized spacial score (nSPS) is 21.5. The van der Waals surface area contributed by atoms with Gasteiger partial charge < -0.3 is 60.7 Å². The second-order valence-corrected chi connectivity index (χ2v) is 7.05. The topological polar surface area (TPSA) is 291 Å². The quantitative estimate of drug-likeness (QED) is 0.105. The summed E-state index contributed by atoms with van der Waals surface area (Å²) in [6.07, 6.45) is -14.3. The first-order chi connectivity index (χ1) is 12.7. The van der Waals surface area contributed by atoms with Crippen molar-refractivity contribution in [1.29, 1.82) is 0 Å². The molecule has 28 heavy (non-hydrogen) atoms. The van der Waals surface area contributed by atoms with Crippen LogP contribution in [0.25, 0.3) is 0 Å². The van der Waals surface area contributed by atoms with Crippen LogP contribution in [0.5, 0.6) is 0 Å². The zero-order chi connectivity index (χ0) is 22.9. The summed E-state index contributed by atoms with van der Waals surface area (Å²) in [6.45, 7) is -2.40. The Bertz CT molecular complexity index is 567. The molecular weight excluding hydrogens is 416 g/mol. The number of hydrogen-bond donors (Lipinski definition) is 11. The first-order valence-electron chi connectivity index (χ1n) is 7.24. The lowest BCUT2D eigenvalue weighted by molar-refractivity contribution is -0.145. The van der Waals surface area contributed by atoms with Crippen LogP contribution in [0.1, 0.15) is 0 Å². The molecule has 0 radical (unpaired) electrons. The van der Waals surface area contributed by atoms with E-state index in [-0.39, 0.29) is 12.6 Å². The fourth-order valence-electron chi connectivity index (χ4n) is 1.48. The monoisotopic (exact) mass is 440 g/mol. The van der Waals surface area contributed by atoms with Crippen LogP contribution in [0.2, 0.25) is 0 Å². The standard InChI is InChI=1S/C6H12O9S.C6H12O6/c7-1-3(9)4(10)5(11)6(12,2-8)16(13,14)15;7-1-3(9)5(11)6(12)4(10)2-8/h1,3-5,8-12H,2H2,(H,13,14,15);1,3-6,8-12H,2H2. The fourth-order valence-corrected chi connectivity index (χ4v) is 2.09. The Balaban J connectivity index is 0. The van der Waals surface area contributed by atoms with Crippen LogP contribution in [0.3, 0.4) is 0 Å². The van der Waals surface area contributed by atoms with Gasteiger partial charge in [-0.25, -0.2) is 0 Å². The highest BCUT2D eigenvalue weighted by Crippen LogP contribution is 2.21. The van der Waals surface area contributed by atoms with Crippen molar-refractivity contribution in [2.75, 3.05) is 13.2 Å². The molecule has 0 aliphatic rings. The summed E-state index contributed by atoms with van der Waals surface area (Å²) < 4.78 is 29.8. The Morgan fingerprint density at radius 1 is 0.786 bits per heavy atom. The van der Waals surface area contributed by atoms with Crippen molar-refractivity contribution in [3.63, 3.8) is 0 Å². The first kappa shape index (κ1) is 29.1. The van der Waals surface area contributed by atoms with Gasteiger partial charge in [0.25, 0.3) is 10.1 Å². The van der Waals surface area contributed by atoms with Crippen LogP contribution in [-0.2, 0) is 19.7 Å². The molecule has 11 N–H and O–H groups in total.